The van der Waals surface area contributed by atoms with Gasteiger partial charge in [-0.25, -0.2) is 0 Å². The summed E-state index contributed by atoms with van der Waals surface area (Å²) in [4.78, 5) is 0. The molecule has 0 aliphatic carbocycles. The summed E-state index contributed by atoms with van der Waals surface area (Å²) in [5, 5.41) is 0. The van der Waals surface area contributed by atoms with Crippen molar-refractivity contribution in [1.82, 2.24) is 0 Å². The van der Waals surface area contributed by atoms with Crippen LogP contribution < -0.4 is 5.73 Å². The summed E-state index contributed by atoms with van der Waals surface area (Å²) in [6.45, 7) is 2.22. The van der Waals surface area contributed by atoms with Crippen LogP contribution in [0.3, 0.4) is 0 Å². The predicted octanol–water partition coefficient (Wildman–Crippen LogP) is 5.03. The van der Waals surface area contributed by atoms with Gasteiger partial charge in [-0.15, -0.1) is 0 Å². The van der Waals surface area contributed by atoms with Crippen molar-refractivity contribution in [1.29, 1.82) is 0 Å². The molecular formula is C18H22BrN. The van der Waals surface area contributed by atoms with E-state index < -0.39 is 0 Å². The molecule has 0 aliphatic heterocycles. The van der Waals surface area contributed by atoms with E-state index in [4.69, 9.17) is 5.73 Å². The molecule has 1 nitrogen and oxygen atoms in total. The van der Waals surface area contributed by atoms with Crippen LogP contribution in [0.25, 0.3) is 0 Å². The van der Waals surface area contributed by atoms with Gasteiger partial charge >= 0.3 is 0 Å². The van der Waals surface area contributed by atoms with Gasteiger partial charge in [0.2, 0.25) is 0 Å². The summed E-state index contributed by atoms with van der Waals surface area (Å²) in [5.41, 5.74) is 10.2. The molecule has 0 aromatic heterocycles. The van der Waals surface area contributed by atoms with Crippen molar-refractivity contribution in [2.45, 2.75) is 38.6 Å². The van der Waals surface area contributed by atoms with Gasteiger partial charge in [0.15, 0.2) is 0 Å². The number of rotatable bonds is 6. The van der Waals surface area contributed by atoms with Crippen molar-refractivity contribution in [2.75, 3.05) is 0 Å². The fraction of sp³-hybridized carbons (Fsp3) is 0.333. The Morgan fingerprint density at radius 3 is 2.15 bits per heavy atom. The highest BCUT2D eigenvalue weighted by Gasteiger charge is 2.07. The second kappa shape index (κ2) is 7.61. The van der Waals surface area contributed by atoms with E-state index in [9.17, 15) is 0 Å². The van der Waals surface area contributed by atoms with Gasteiger partial charge in [-0.05, 0) is 48.1 Å². The molecule has 106 valence electrons. The number of nitrogens with two attached hydrogens (primary N) is 1. The normalized spacial score (nSPS) is 12.3. The Labute approximate surface area is 130 Å². The zero-order chi connectivity index (χ0) is 14.4. The quantitative estimate of drug-likeness (QED) is 0.788. The fourth-order valence-corrected chi connectivity index (χ4v) is 2.57. The van der Waals surface area contributed by atoms with Crippen molar-refractivity contribution in [3.8, 4) is 0 Å². The first-order valence-electron chi connectivity index (χ1n) is 7.28. The second-order valence-corrected chi connectivity index (χ2v) is 6.20. The molecule has 0 aliphatic rings. The molecule has 2 rings (SSSR count). The minimum Gasteiger partial charge on any atom is -0.324 e. The van der Waals surface area contributed by atoms with E-state index in [-0.39, 0.29) is 6.04 Å². The standard InChI is InChI=1S/C18H22BrN/c1-2-3-4-14-5-9-16(10-6-14)18(20)13-15-7-11-17(19)12-8-15/h5-12,18H,2-4,13,20H2,1H3. The van der Waals surface area contributed by atoms with Crippen LogP contribution in [0.2, 0.25) is 0 Å². The number of unbranched alkanes of at least 4 members (excludes halogenated alkanes) is 1. The molecule has 0 fully saturated rings. The van der Waals surface area contributed by atoms with E-state index in [2.05, 4.69) is 71.4 Å². The molecule has 2 aromatic carbocycles. The number of benzene rings is 2. The van der Waals surface area contributed by atoms with Crippen LogP contribution in [0.15, 0.2) is 53.0 Å². The fourth-order valence-electron chi connectivity index (χ4n) is 2.30. The summed E-state index contributed by atoms with van der Waals surface area (Å²) < 4.78 is 1.11. The highest BCUT2D eigenvalue weighted by molar-refractivity contribution is 9.10. The first-order chi connectivity index (χ1) is 9.69. The smallest absolute Gasteiger partial charge is 0.0335 e. The van der Waals surface area contributed by atoms with Crippen molar-refractivity contribution < 1.29 is 0 Å². The van der Waals surface area contributed by atoms with Gasteiger partial charge in [-0.1, -0.05) is 65.7 Å². The van der Waals surface area contributed by atoms with Gasteiger partial charge in [0, 0.05) is 10.5 Å². The lowest BCUT2D eigenvalue weighted by Gasteiger charge is -2.13. The molecule has 0 heterocycles. The Balaban J connectivity index is 1.98. The van der Waals surface area contributed by atoms with Crippen LogP contribution in [0.5, 0.6) is 0 Å². The first kappa shape index (κ1) is 15.3. The largest absolute Gasteiger partial charge is 0.324 e. The van der Waals surface area contributed by atoms with E-state index in [0.29, 0.717) is 0 Å². The molecule has 2 heteroatoms. The third kappa shape index (κ3) is 4.46. The summed E-state index contributed by atoms with van der Waals surface area (Å²) >= 11 is 3.45. The van der Waals surface area contributed by atoms with Gasteiger partial charge in [0.05, 0.1) is 0 Å². The first-order valence-corrected chi connectivity index (χ1v) is 8.07. The molecule has 0 radical (unpaired) electrons. The van der Waals surface area contributed by atoms with Crippen molar-refractivity contribution >= 4 is 15.9 Å². The number of hydrogen-bond acceptors (Lipinski definition) is 1. The zero-order valence-electron chi connectivity index (χ0n) is 12.0. The SMILES string of the molecule is CCCCc1ccc(C(N)Cc2ccc(Br)cc2)cc1. The summed E-state index contributed by atoms with van der Waals surface area (Å²) in [6, 6.07) is 17.2. The van der Waals surface area contributed by atoms with E-state index in [0.717, 1.165) is 10.9 Å². The maximum Gasteiger partial charge on any atom is 0.0335 e. The minimum atomic E-state index is 0.0661. The molecule has 20 heavy (non-hydrogen) atoms. The number of halogens is 1. The molecule has 1 unspecified atom stereocenters. The van der Waals surface area contributed by atoms with Crippen LogP contribution >= 0.6 is 15.9 Å². The van der Waals surface area contributed by atoms with Crippen LogP contribution in [0, 0.1) is 0 Å². The van der Waals surface area contributed by atoms with E-state index in [1.54, 1.807) is 0 Å². The van der Waals surface area contributed by atoms with Gasteiger partial charge in [-0.2, -0.15) is 0 Å². The minimum absolute atomic E-state index is 0.0661. The molecule has 0 amide bonds. The molecule has 0 saturated carbocycles. The van der Waals surface area contributed by atoms with Gasteiger partial charge < -0.3 is 5.73 Å². The summed E-state index contributed by atoms with van der Waals surface area (Å²) in [7, 11) is 0. The Hall–Kier alpha value is -1.12. The van der Waals surface area contributed by atoms with Crippen LogP contribution in [-0.2, 0) is 12.8 Å². The number of aryl methyl sites for hydroxylation is 1. The van der Waals surface area contributed by atoms with Crippen molar-refractivity contribution in [3.63, 3.8) is 0 Å². The molecule has 1 atom stereocenters. The highest BCUT2D eigenvalue weighted by Crippen LogP contribution is 2.19. The maximum atomic E-state index is 6.30. The Morgan fingerprint density at radius 1 is 0.950 bits per heavy atom. The van der Waals surface area contributed by atoms with Crippen LogP contribution in [-0.4, -0.2) is 0 Å². The molecular weight excluding hydrogens is 310 g/mol. The summed E-state index contributed by atoms with van der Waals surface area (Å²) in [5.74, 6) is 0. The molecule has 0 spiro atoms. The third-order valence-electron chi connectivity index (χ3n) is 3.60. The van der Waals surface area contributed by atoms with Gasteiger partial charge in [-0.3, -0.25) is 0 Å². The molecule has 0 bridgehead atoms. The van der Waals surface area contributed by atoms with E-state index in [1.807, 2.05) is 0 Å². The Morgan fingerprint density at radius 2 is 1.55 bits per heavy atom. The summed E-state index contributed by atoms with van der Waals surface area (Å²) in [6.07, 6.45) is 4.54. The Bertz CT molecular complexity index is 516. The lowest BCUT2D eigenvalue weighted by Crippen LogP contribution is -2.13. The topological polar surface area (TPSA) is 26.0 Å². The second-order valence-electron chi connectivity index (χ2n) is 5.28. The van der Waals surface area contributed by atoms with Gasteiger partial charge in [0.1, 0.15) is 0 Å². The maximum absolute atomic E-state index is 6.30. The van der Waals surface area contributed by atoms with Crippen molar-refractivity contribution in [3.05, 3.63) is 69.7 Å². The highest BCUT2D eigenvalue weighted by atomic mass is 79.9. The average molecular weight is 332 g/mol. The lowest BCUT2D eigenvalue weighted by atomic mass is 9.98. The molecule has 2 aromatic rings. The monoisotopic (exact) mass is 331 g/mol. The molecule has 2 N–H and O–H groups in total. The number of hydrogen-bond donors (Lipinski definition) is 1. The van der Waals surface area contributed by atoms with Crippen LogP contribution in [0.4, 0.5) is 0 Å². The van der Waals surface area contributed by atoms with E-state index in [1.165, 1.54) is 36.0 Å². The van der Waals surface area contributed by atoms with Gasteiger partial charge in [0.25, 0.3) is 0 Å². The Kier molecular flexibility index (Phi) is 5.81. The lowest BCUT2D eigenvalue weighted by molar-refractivity contribution is 0.720. The average Bonchev–Trinajstić information content (AvgIpc) is 2.48. The third-order valence-corrected chi connectivity index (χ3v) is 4.12. The van der Waals surface area contributed by atoms with Crippen molar-refractivity contribution in [2.24, 2.45) is 5.73 Å². The van der Waals surface area contributed by atoms with Crippen LogP contribution in [0.1, 0.15) is 42.5 Å². The zero-order valence-corrected chi connectivity index (χ0v) is 13.6. The molecule has 0 saturated heterocycles. The van der Waals surface area contributed by atoms with E-state index >= 15 is 0 Å². The predicted molar refractivity (Wildman–Crippen MR) is 89.8 cm³/mol.